The highest BCUT2D eigenvalue weighted by Crippen LogP contribution is 2.03. The van der Waals surface area contributed by atoms with Crippen molar-refractivity contribution in [3.05, 3.63) is 0 Å². The van der Waals surface area contributed by atoms with E-state index in [0.717, 1.165) is 0 Å². The molecule has 21 heavy (non-hydrogen) atoms. The Hall–Kier alpha value is -0.240. The molecule has 0 aromatic heterocycles. The van der Waals surface area contributed by atoms with E-state index in [1.54, 1.807) is 0 Å². The second-order valence-corrected chi connectivity index (χ2v) is 5.12. The summed E-state index contributed by atoms with van der Waals surface area (Å²) in [6.45, 7) is 11.5. The molecule has 128 valence electrons. The van der Waals surface area contributed by atoms with E-state index in [4.69, 9.17) is 28.8 Å². The van der Waals surface area contributed by atoms with Crippen molar-refractivity contribution in [3.63, 3.8) is 0 Å². The van der Waals surface area contributed by atoms with Gasteiger partial charge in [0.25, 0.3) is 0 Å². The first-order valence-electron chi connectivity index (χ1n) is 7.71. The van der Waals surface area contributed by atoms with Crippen LogP contribution in [-0.2, 0) is 23.7 Å². The topological polar surface area (TPSA) is 66.4 Å². The Labute approximate surface area is 128 Å². The Morgan fingerprint density at radius 3 is 2.14 bits per heavy atom. The van der Waals surface area contributed by atoms with Crippen LogP contribution in [0.25, 0.3) is 0 Å². The molecule has 0 spiro atoms. The van der Waals surface area contributed by atoms with Crippen LogP contribution >= 0.6 is 0 Å². The summed E-state index contributed by atoms with van der Waals surface area (Å²) in [6.07, 6.45) is -0.360. The number of hydrogen-bond acceptors (Lipinski definition) is 6. The monoisotopic (exact) mass is 308 g/mol. The van der Waals surface area contributed by atoms with Crippen molar-refractivity contribution in [2.24, 2.45) is 5.92 Å². The van der Waals surface area contributed by atoms with Gasteiger partial charge in [-0.2, -0.15) is 0 Å². The fourth-order valence-electron chi connectivity index (χ4n) is 1.50. The minimum atomic E-state index is -0.243. The van der Waals surface area contributed by atoms with E-state index in [1.807, 2.05) is 13.8 Å². The van der Waals surface area contributed by atoms with E-state index in [-0.39, 0.29) is 19.0 Å². The van der Waals surface area contributed by atoms with Gasteiger partial charge in [0, 0.05) is 13.2 Å². The average molecular weight is 308 g/mol. The Morgan fingerprint density at radius 2 is 1.52 bits per heavy atom. The molecule has 2 unspecified atom stereocenters. The van der Waals surface area contributed by atoms with Crippen LogP contribution in [0.1, 0.15) is 27.7 Å². The molecule has 0 aromatic carbocycles. The summed E-state index contributed by atoms with van der Waals surface area (Å²) in [5.41, 5.74) is 0. The molecular weight excluding hydrogens is 276 g/mol. The normalized spacial score (nSPS) is 14.6. The lowest BCUT2D eigenvalue weighted by Crippen LogP contribution is -2.30. The van der Waals surface area contributed by atoms with Gasteiger partial charge in [-0.25, -0.2) is 0 Å². The van der Waals surface area contributed by atoms with Crippen molar-refractivity contribution in [1.82, 2.24) is 0 Å². The van der Waals surface area contributed by atoms with Crippen LogP contribution in [0.15, 0.2) is 0 Å². The van der Waals surface area contributed by atoms with Crippen molar-refractivity contribution in [2.45, 2.75) is 40.1 Å². The molecule has 0 aliphatic heterocycles. The summed E-state index contributed by atoms with van der Waals surface area (Å²) >= 11 is 0. The van der Waals surface area contributed by atoms with Crippen molar-refractivity contribution in [1.29, 1.82) is 0 Å². The molecule has 2 atom stereocenters. The highest BCUT2D eigenvalue weighted by molar-refractivity contribution is 4.57. The number of aliphatic hydroxyl groups is 1. The van der Waals surface area contributed by atoms with Crippen LogP contribution in [-0.4, -0.2) is 70.4 Å². The third-order valence-electron chi connectivity index (χ3n) is 2.49. The average Bonchev–Trinajstić information content (AvgIpc) is 2.44. The predicted octanol–water partition coefficient (Wildman–Crippen LogP) is 1.45. The Balaban J connectivity index is 3.85. The lowest BCUT2D eigenvalue weighted by molar-refractivity contribution is -0.160. The van der Waals surface area contributed by atoms with Gasteiger partial charge in [-0.1, -0.05) is 13.8 Å². The third kappa shape index (κ3) is 14.5. The second-order valence-electron chi connectivity index (χ2n) is 5.12. The summed E-state index contributed by atoms with van der Waals surface area (Å²) in [7, 11) is 0. The minimum absolute atomic E-state index is 0.0310. The number of ether oxygens (including phenoxy) is 5. The number of aliphatic hydroxyl groups excluding tert-OH is 1. The Kier molecular flexibility index (Phi) is 14.5. The molecule has 0 aliphatic carbocycles. The van der Waals surface area contributed by atoms with Gasteiger partial charge >= 0.3 is 0 Å². The fourth-order valence-corrected chi connectivity index (χ4v) is 1.50. The van der Waals surface area contributed by atoms with Crippen LogP contribution in [0, 0.1) is 5.92 Å². The van der Waals surface area contributed by atoms with E-state index < -0.39 is 0 Å². The first-order valence-corrected chi connectivity index (χ1v) is 7.71. The van der Waals surface area contributed by atoms with Crippen LogP contribution in [0.2, 0.25) is 0 Å². The van der Waals surface area contributed by atoms with E-state index in [1.165, 1.54) is 0 Å². The molecule has 6 nitrogen and oxygen atoms in total. The molecule has 0 fully saturated rings. The van der Waals surface area contributed by atoms with Crippen LogP contribution in [0.3, 0.4) is 0 Å². The molecule has 6 heteroatoms. The van der Waals surface area contributed by atoms with E-state index in [9.17, 15) is 0 Å². The molecule has 0 bridgehead atoms. The van der Waals surface area contributed by atoms with Gasteiger partial charge in [0.15, 0.2) is 6.29 Å². The zero-order valence-corrected chi connectivity index (χ0v) is 13.9. The van der Waals surface area contributed by atoms with Gasteiger partial charge in [-0.15, -0.1) is 0 Å². The summed E-state index contributed by atoms with van der Waals surface area (Å²) in [4.78, 5) is 0. The second kappa shape index (κ2) is 14.7. The Bertz CT molecular complexity index is 212. The largest absolute Gasteiger partial charge is 0.394 e. The van der Waals surface area contributed by atoms with Crippen molar-refractivity contribution < 1.29 is 28.8 Å². The van der Waals surface area contributed by atoms with Crippen LogP contribution in [0.4, 0.5) is 0 Å². The highest BCUT2D eigenvalue weighted by atomic mass is 16.7. The first-order chi connectivity index (χ1) is 10.1. The number of rotatable bonds is 15. The first kappa shape index (κ1) is 20.8. The van der Waals surface area contributed by atoms with Crippen LogP contribution < -0.4 is 0 Å². The van der Waals surface area contributed by atoms with Gasteiger partial charge in [-0.05, 0) is 19.8 Å². The molecule has 0 aromatic rings. The van der Waals surface area contributed by atoms with Crippen LogP contribution in [0.5, 0.6) is 0 Å². The smallest absolute Gasteiger partial charge is 0.154 e. The molecule has 0 heterocycles. The molecule has 0 radical (unpaired) electrons. The van der Waals surface area contributed by atoms with Gasteiger partial charge in [-0.3, -0.25) is 0 Å². The van der Waals surface area contributed by atoms with Crippen molar-refractivity contribution >= 4 is 0 Å². The summed E-state index contributed by atoms with van der Waals surface area (Å²) in [5.74, 6) is 0.463. The predicted molar refractivity (Wildman–Crippen MR) is 80.3 cm³/mol. The lowest BCUT2D eigenvalue weighted by atomic mass is 10.2. The minimum Gasteiger partial charge on any atom is -0.394 e. The SMILES string of the molecule is CCOC(C)OCC(COCCOCCO)OCC(C)C. The maximum Gasteiger partial charge on any atom is 0.154 e. The Morgan fingerprint density at radius 1 is 0.810 bits per heavy atom. The fraction of sp³-hybridized carbons (Fsp3) is 1.00. The van der Waals surface area contributed by atoms with Gasteiger partial charge < -0.3 is 28.8 Å². The van der Waals surface area contributed by atoms with Gasteiger partial charge in [0.2, 0.25) is 0 Å². The molecular formula is C15H32O6. The van der Waals surface area contributed by atoms with E-state index in [2.05, 4.69) is 13.8 Å². The maximum atomic E-state index is 8.58. The van der Waals surface area contributed by atoms with Crippen molar-refractivity contribution in [3.8, 4) is 0 Å². The molecule has 0 amide bonds. The highest BCUT2D eigenvalue weighted by Gasteiger charge is 2.13. The van der Waals surface area contributed by atoms with Crippen molar-refractivity contribution in [2.75, 3.05) is 52.9 Å². The zero-order valence-electron chi connectivity index (χ0n) is 13.9. The molecule has 0 rings (SSSR count). The molecule has 0 saturated carbocycles. The van der Waals surface area contributed by atoms with Gasteiger partial charge in [0.05, 0.1) is 39.6 Å². The van der Waals surface area contributed by atoms with E-state index in [0.29, 0.717) is 52.2 Å². The quantitative estimate of drug-likeness (QED) is 0.365. The third-order valence-corrected chi connectivity index (χ3v) is 2.49. The van der Waals surface area contributed by atoms with E-state index >= 15 is 0 Å². The zero-order chi connectivity index (χ0) is 15.9. The molecule has 0 saturated heterocycles. The summed E-state index contributed by atoms with van der Waals surface area (Å²) < 4.78 is 27.3. The summed E-state index contributed by atoms with van der Waals surface area (Å²) in [5, 5.41) is 8.58. The lowest BCUT2D eigenvalue weighted by Gasteiger charge is -2.21. The molecule has 0 aliphatic rings. The molecule has 1 N–H and O–H groups in total. The standard InChI is InChI=1S/C15H32O6/c1-5-19-14(4)20-12-15(21-10-13(2)3)11-18-9-8-17-7-6-16/h13-16H,5-12H2,1-4H3. The maximum absolute atomic E-state index is 8.58. The van der Waals surface area contributed by atoms with Gasteiger partial charge in [0.1, 0.15) is 6.10 Å². The summed E-state index contributed by atoms with van der Waals surface area (Å²) in [6, 6.07) is 0. The number of hydrogen-bond donors (Lipinski definition) is 1.